The highest BCUT2D eigenvalue weighted by Gasteiger charge is 2.14. The van der Waals surface area contributed by atoms with Crippen molar-refractivity contribution in [3.8, 4) is 0 Å². The van der Waals surface area contributed by atoms with Gasteiger partial charge < -0.3 is 5.32 Å². The molecular weight excluding hydrogens is 326 g/mol. The van der Waals surface area contributed by atoms with E-state index in [0.717, 1.165) is 13.0 Å². The molecule has 0 radical (unpaired) electrons. The van der Waals surface area contributed by atoms with Gasteiger partial charge in [0.25, 0.3) is 0 Å². The van der Waals surface area contributed by atoms with Gasteiger partial charge in [-0.25, -0.2) is 0 Å². The summed E-state index contributed by atoms with van der Waals surface area (Å²) in [5.41, 5.74) is 1.37. The maximum atomic E-state index is 3.60. The average Bonchev–Trinajstić information content (AvgIpc) is 2.47. The lowest BCUT2D eigenvalue weighted by Crippen LogP contribution is -2.21. The number of hydrogen-bond acceptors (Lipinski definition) is 2. The van der Waals surface area contributed by atoms with Crippen LogP contribution in [0.5, 0.6) is 0 Å². The Hall–Kier alpha value is 0.620. The van der Waals surface area contributed by atoms with Gasteiger partial charge >= 0.3 is 0 Å². The first-order valence-electron chi connectivity index (χ1n) is 4.87. The van der Waals surface area contributed by atoms with Crippen LogP contribution in [0.3, 0.4) is 0 Å². The van der Waals surface area contributed by atoms with E-state index in [-0.39, 0.29) is 0 Å². The van der Waals surface area contributed by atoms with Gasteiger partial charge in [-0.2, -0.15) is 0 Å². The summed E-state index contributed by atoms with van der Waals surface area (Å²) < 4.78 is 2.43. The van der Waals surface area contributed by atoms with Crippen LogP contribution in [0.1, 0.15) is 38.3 Å². The van der Waals surface area contributed by atoms with Crippen LogP contribution in [-0.2, 0) is 0 Å². The fourth-order valence-corrected chi connectivity index (χ4v) is 4.36. The van der Waals surface area contributed by atoms with Crippen molar-refractivity contribution < 1.29 is 0 Å². The molecule has 1 atom stereocenters. The largest absolute Gasteiger partial charge is 0.310 e. The molecule has 0 spiro atoms. The summed E-state index contributed by atoms with van der Waals surface area (Å²) in [4.78, 5) is 0. The molecule has 1 aromatic rings. The molecule has 0 aliphatic rings. The van der Waals surface area contributed by atoms with E-state index >= 15 is 0 Å². The van der Waals surface area contributed by atoms with Gasteiger partial charge in [-0.1, -0.05) is 13.8 Å². The van der Waals surface area contributed by atoms with Crippen molar-refractivity contribution in [2.75, 3.05) is 6.54 Å². The van der Waals surface area contributed by atoms with Gasteiger partial charge in [0.1, 0.15) is 0 Å². The summed E-state index contributed by atoms with van der Waals surface area (Å²) in [5, 5.41) is 3.55. The third-order valence-corrected chi connectivity index (χ3v) is 4.49. The van der Waals surface area contributed by atoms with Gasteiger partial charge in [0.15, 0.2) is 0 Å². The van der Waals surface area contributed by atoms with Crippen molar-refractivity contribution >= 4 is 43.2 Å². The molecule has 1 rings (SSSR count). The first kappa shape index (κ1) is 12.7. The van der Waals surface area contributed by atoms with Crippen LogP contribution in [0.2, 0.25) is 0 Å². The lowest BCUT2D eigenvalue weighted by Gasteiger charge is -2.15. The van der Waals surface area contributed by atoms with Crippen LogP contribution < -0.4 is 5.32 Å². The van der Waals surface area contributed by atoms with Crippen LogP contribution in [-0.4, -0.2) is 6.54 Å². The first-order chi connectivity index (χ1) is 6.69. The lowest BCUT2D eigenvalue weighted by atomic mass is 10.1. The molecule has 14 heavy (non-hydrogen) atoms. The van der Waals surface area contributed by atoms with E-state index in [1.807, 2.05) is 0 Å². The summed E-state index contributed by atoms with van der Waals surface area (Å²) in [6, 6.07) is 2.68. The van der Waals surface area contributed by atoms with E-state index < -0.39 is 0 Å². The minimum atomic E-state index is 0.479. The number of hydrogen-bond donors (Lipinski definition) is 1. The predicted molar refractivity (Wildman–Crippen MR) is 71.0 cm³/mol. The second kappa shape index (κ2) is 6.26. The van der Waals surface area contributed by atoms with Crippen LogP contribution in [0, 0.1) is 0 Å². The Kier molecular flexibility index (Phi) is 5.67. The quantitative estimate of drug-likeness (QED) is 0.817. The molecule has 4 heteroatoms. The maximum Gasteiger partial charge on any atom is 0.0758 e. The fourth-order valence-electron chi connectivity index (χ4n) is 1.38. The van der Waals surface area contributed by atoms with E-state index in [9.17, 15) is 0 Å². The predicted octanol–water partition coefficient (Wildman–Crippen LogP) is 4.72. The standard InChI is InChI=1S/C10H15Br2NS/c1-3-5-13-8(4-2)7-6-9(11)14-10(7)12/h6,8,13H,3-5H2,1-2H3. The van der Waals surface area contributed by atoms with Gasteiger partial charge in [0.2, 0.25) is 0 Å². The van der Waals surface area contributed by atoms with Crippen LogP contribution in [0.25, 0.3) is 0 Å². The second-order valence-corrected chi connectivity index (χ2v) is 6.94. The van der Waals surface area contributed by atoms with E-state index in [0.29, 0.717) is 6.04 Å². The number of halogens is 2. The van der Waals surface area contributed by atoms with Gasteiger partial charge in [-0.3, -0.25) is 0 Å². The lowest BCUT2D eigenvalue weighted by molar-refractivity contribution is 0.518. The van der Waals surface area contributed by atoms with E-state index in [2.05, 4.69) is 57.1 Å². The van der Waals surface area contributed by atoms with Gasteiger partial charge in [0, 0.05) is 6.04 Å². The molecule has 1 nitrogen and oxygen atoms in total. The van der Waals surface area contributed by atoms with Crippen molar-refractivity contribution in [2.24, 2.45) is 0 Å². The third kappa shape index (κ3) is 3.33. The Labute approximate surface area is 107 Å². The molecule has 80 valence electrons. The summed E-state index contributed by atoms with van der Waals surface area (Å²) >= 11 is 8.85. The molecule has 0 aliphatic carbocycles. The third-order valence-electron chi connectivity index (χ3n) is 2.11. The minimum absolute atomic E-state index is 0.479. The first-order valence-corrected chi connectivity index (χ1v) is 7.27. The monoisotopic (exact) mass is 339 g/mol. The number of nitrogens with one attached hydrogen (secondary N) is 1. The topological polar surface area (TPSA) is 12.0 Å². The van der Waals surface area contributed by atoms with E-state index in [4.69, 9.17) is 0 Å². The molecule has 0 saturated carbocycles. The van der Waals surface area contributed by atoms with Crippen molar-refractivity contribution in [1.82, 2.24) is 5.32 Å². The number of rotatable bonds is 5. The average molecular weight is 341 g/mol. The van der Waals surface area contributed by atoms with Crippen molar-refractivity contribution in [2.45, 2.75) is 32.7 Å². The molecule has 1 unspecified atom stereocenters. The highest BCUT2D eigenvalue weighted by Crippen LogP contribution is 2.36. The summed E-state index contributed by atoms with van der Waals surface area (Å²) in [6.07, 6.45) is 2.31. The molecule has 0 aliphatic heterocycles. The molecule has 0 fully saturated rings. The van der Waals surface area contributed by atoms with E-state index in [1.54, 1.807) is 11.3 Å². The fraction of sp³-hybridized carbons (Fsp3) is 0.600. The molecule has 0 saturated heterocycles. The number of thiophene rings is 1. The Balaban J connectivity index is 2.72. The normalized spacial score (nSPS) is 13.1. The van der Waals surface area contributed by atoms with Crippen molar-refractivity contribution in [3.05, 3.63) is 19.2 Å². The molecule has 0 aromatic carbocycles. The van der Waals surface area contributed by atoms with Crippen molar-refractivity contribution in [3.63, 3.8) is 0 Å². The van der Waals surface area contributed by atoms with Gasteiger partial charge in [-0.15, -0.1) is 11.3 Å². The minimum Gasteiger partial charge on any atom is -0.310 e. The van der Waals surface area contributed by atoms with Gasteiger partial charge in [-0.05, 0) is 62.9 Å². The highest BCUT2D eigenvalue weighted by molar-refractivity contribution is 9.12. The van der Waals surface area contributed by atoms with Gasteiger partial charge in [0.05, 0.1) is 7.57 Å². The van der Waals surface area contributed by atoms with E-state index in [1.165, 1.54) is 19.6 Å². The van der Waals surface area contributed by atoms with Crippen LogP contribution in [0.15, 0.2) is 13.6 Å². The Bertz CT molecular complexity index is 286. The summed E-state index contributed by atoms with van der Waals surface area (Å²) in [7, 11) is 0. The van der Waals surface area contributed by atoms with Crippen LogP contribution >= 0.6 is 43.2 Å². The zero-order valence-corrected chi connectivity index (χ0v) is 12.4. The second-order valence-electron chi connectivity index (χ2n) is 3.19. The van der Waals surface area contributed by atoms with Crippen LogP contribution in [0.4, 0.5) is 0 Å². The highest BCUT2D eigenvalue weighted by atomic mass is 79.9. The zero-order valence-electron chi connectivity index (χ0n) is 8.44. The molecular formula is C10H15Br2NS. The smallest absolute Gasteiger partial charge is 0.0758 e. The van der Waals surface area contributed by atoms with Crippen molar-refractivity contribution in [1.29, 1.82) is 0 Å². The molecule has 1 aromatic heterocycles. The maximum absolute atomic E-state index is 3.60. The summed E-state index contributed by atoms with van der Waals surface area (Å²) in [5.74, 6) is 0. The zero-order chi connectivity index (χ0) is 10.6. The summed E-state index contributed by atoms with van der Waals surface area (Å²) in [6.45, 7) is 5.49. The molecule has 0 amide bonds. The molecule has 1 N–H and O–H groups in total. The SMILES string of the molecule is CCCNC(CC)c1cc(Br)sc1Br. The molecule has 0 bridgehead atoms. The Morgan fingerprint density at radius 3 is 2.57 bits per heavy atom. The Morgan fingerprint density at radius 1 is 1.43 bits per heavy atom. The molecule has 1 heterocycles. The Morgan fingerprint density at radius 2 is 2.14 bits per heavy atom.